The predicted octanol–water partition coefficient (Wildman–Crippen LogP) is 2.22. The van der Waals surface area contributed by atoms with Crippen molar-refractivity contribution in [3.8, 4) is 0 Å². The summed E-state index contributed by atoms with van der Waals surface area (Å²) in [5.74, 6) is 0. The highest BCUT2D eigenvalue weighted by Gasteiger charge is 2.11. The minimum Gasteiger partial charge on any atom is -0.330 e. The van der Waals surface area contributed by atoms with E-state index in [9.17, 15) is 4.79 Å². The van der Waals surface area contributed by atoms with Gasteiger partial charge in [-0.15, -0.1) is 0 Å². The average molecular weight is 292 g/mol. The molecular formula is C17H16N4O. The van der Waals surface area contributed by atoms with Gasteiger partial charge in [0.15, 0.2) is 5.65 Å². The quantitative estimate of drug-likeness (QED) is 0.568. The molecule has 0 unspecified atom stereocenters. The van der Waals surface area contributed by atoms with Crippen LogP contribution in [-0.4, -0.2) is 21.1 Å². The molecule has 0 saturated carbocycles. The second kappa shape index (κ2) is 4.96. The molecule has 110 valence electrons. The fourth-order valence-corrected chi connectivity index (χ4v) is 3.02. The van der Waals surface area contributed by atoms with Crippen LogP contribution in [0.4, 0.5) is 0 Å². The van der Waals surface area contributed by atoms with Crippen LogP contribution in [0.3, 0.4) is 0 Å². The monoisotopic (exact) mass is 292 g/mol. The van der Waals surface area contributed by atoms with Gasteiger partial charge in [0.1, 0.15) is 0 Å². The van der Waals surface area contributed by atoms with Gasteiger partial charge in [0.25, 0.3) is 0 Å². The van der Waals surface area contributed by atoms with Gasteiger partial charge in [-0.3, -0.25) is 0 Å². The number of nitrogens with one attached hydrogen (secondary N) is 1. The first-order valence-electron chi connectivity index (χ1n) is 7.39. The number of hydrogen-bond acceptors (Lipinski definition) is 3. The summed E-state index contributed by atoms with van der Waals surface area (Å²) in [4.78, 5) is 11.9. The lowest BCUT2D eigenvalue weighted by Crippen LogP contribution is -2.10. The smallest absolute Gasteiger partial charge is 0.330 e. The second-order valence-corrected chi connectivity index (χ2v) is 5.51. The van der Waals surface area contributed by atoms with E-state index < -0.39 is 0 Å². The maximum atomic E-state index is 11.9. The number of H-pyrrole nitrogens is 1. The van der Waals surface area contributed by atoms with Gasteiger partial charge in [-0.25, -0.2) is 14.3 Å². The lowest BCUT2D eigenvalue weighted by molar-refractivity contribution is 0.830. The van der Waals surface area contributed by atoms with Crippen molar-refractivity contribution in [2.24, 2.45) is 5.73 Å². The topological polar surface area (TPSA) is 76.2 Å². The summed E-state index contributed by atoms with van der Waals surface area (Å²) >= 11 is 0. The largest absolute Gasteiger partial charge is 0.347 e. The number of nitrogens with two attached hydrogens (primary N) is 1. The fourth-order valence-electron chi connectivity index (χ4n) is 3.02. The van der Waals surface area contributed by atoms with Crippen LogP contribution in [0.25, 0.3) is 27.2 Å². The SMILES string of the molecule is NCCCc1cn2c(=O)[nH]nc2c2cc3ccccc3cc12. The minimum atomic E-state index is -0.209. The van der Waals surface area contributed by atoms with Crippen LogP contribution in [0, 0.1) is 0 Å². The summed E-state index contributed by atoms with van der Waals surface area (Å²) in [7, 11) is 0. The highest BCUT2D eigenvalue weighted by molar-refractivity contribution is 6.05. The molecule has 0 saturated heterocycles. The number of aromatic amines is 1. The Balaban J connectivity index is 2.15. The number of aromatic nitrogens is 3. The Labute approximate surface area is 126 Å². The van der Waals surface area contributed by atoms with E-state index in [1.54, 1.807) is 4.40 Å². The molecule has 0 aliphatic carbocycles. The maximum absolute atomic E-state index is 11.9. The number of benzene rings is 2. The standard InChI is InChI=1S/C17H16N4O/c18-7-3-6-13-10-21-16(19-20-17(21)22)15-9-12-5-2-1-4-11(12)8-14(13)15/h1-2,4-5,8-10H,3,6-7,18H2,(H,20,22). The molecule has 5 nitrogen and oxygen atoms in total. The van der Waals surface area contributed by atoms with Crippen LogP contribution in [0.5, 0.6) is 0 Å². The first-order valence-corrected chi connectivity index (χ1v) is 7.39. The van der Waals surface area contributed by atoms with E-state index >= 15 is 0 Å². The number of rotatable bonds is 3. The van der Waals surface area contributed by atoms with Crippen LogP contribution < -0.4 is 11.4 Å². The Morgan fingerprint density at radius 1 is 1.14 bits per heavy atom. The number of fused-ring (bicyclic) bond motifs is 4. The summed E-state index contributed by atoms with van der Waals surface area (Å²) in [6, 6.07) is 12.5. The van der Waals surface area contributed by atoms with E-state index in [2.05, 4.69) is 34.5 Å². The number of nitrogens with zero attached hydrogens (tertiary/aromatic N) is 2. The molecule has 0 spiro atoms. The molecule has 0 aliphatic rings. The third kappa shape index (κ3) is 1.90. The molecule has 3 N–H and O–H groups in total. The highest BCUT2D eigenvalue weighted by Crippen LogP contribution is 2.28. The minimum absolute atomic E-state index is 0.209. The van der Waals surface area contributed by atoms with E-state index in [1.165, 1.54) is 5.39 Å². The van der Waals surface area contributed by atoms with Crippen LogP contribution in [-0.2, 0) is 6.42 Å². The van der Waals surface area contributed by atoms with Crippen molar-refractivity contribution in [3.05, 3.63) is 58.6 Å². The van der Waals surface area contributed by atoms with E-state index in [1.807, 2.05) is 18.3 Å². The van der Waals surface area contributed by atoms with Crippen molar-refractivity contribution in [3.63, 3.8) is 0 Å². The zero-order valence-corrected chi connectivity index (χ0v) is 12.0. The lowest BCUT2D eigenvalue weighted by atomic mass is 9.99. The third-order valence-corrected chi connectivity index (χ3v) is 4.11. The van der Waals surface area contributed by atoms with Crippen LogP contribution in [0.2, 0.25) is 0 Å². The van der Waals surface area contributed by atoms with Crippen LogP contribution >= 0.6 is 0 Å². The van der Waals surface area contributed by atoms with Gasteiger partial charge in [0, 0.05) is 11.6 Å². The predicted molar refractivity (Wildman–Crippen MR) is 88.2 cm³/mol. The zero-order valence-electron chi connectivity index (χ0n) is 12.0. The summed E-state index contributed by atoms with van der Waals surface area (Å²) in [6.07, 6.45) is 3.62. The van der Waals surface area contributed by atoms with Crippen molar-refractivity contribution in [1.82, 2.24) is 14.6 Å². The van der Waals surface area contributed by atoms with E-state index in [0.29, 0.717) is 12.2 Å². The molecule has 0 bridgehead atoms. The Morgan fingerprint density at radius 2 is 1.86 bits per heavy atom. The molecule has 0 fully saturated rings. The fraction of sp³-hybridized carbons (Fsp3) is 0.176. The summed E-state index contributed by atoms with van der Waals surface area (Å²) in [5.41, 5.74) is 7.23. The van der Waals surface area contributed by atoms with Crippen LogP contribution in [0.1, 0.15) is 12.0 Å². The zero-order chi connectivity index (χ0) is 15.1. The Bertz CT molecular complexity index is 1050. The Kier molecular flexibility index (Phi) is 2.94. The van der Waals surface area contributed by atoms with Gasteiger partial charge in [0.2, 0.25) is 0 Å². The second-order valence-electron chi connectivity index (χ2n) is 5.51. The molecule has 4 aromatic rings. The molecule has 0 atom stereocenters. The van der Waals surface area contributed by atoms with Crippen LogP contribution in [0.15, 0.2) is 47.4 Å². The maximum Gasteiger partial charge on any atom is 0.347 e. The molecule has 0 aliphatic heterocycles. The molecule has 2 aromatic carbocycles. The molecule has 2 aromatic heterocycles. The van der Waals surface area contributed by atoms with Crippen molar-refractivity contribution >= 4 is 27.2 Å². The lowest BCUT2D eigenvalue weighted by Gasteiger charge is -2.09. The molecule has 2 heterocycles. The normalized spacial score (nSPS) is 11.7. The molecule has 22 heavy (non-hydrogen) atoms. The molecule has 4 rings (SSSR count). The summed E-state index contributed by atoms with van der Waals surface area (Å²) in [5, 5.41) is 11.2. The van der Waals surface area contributed by atoms with E-state index in [-0.39, 0.29) is 5.69 Å². The molecule has 5 heteroatoms. The number of pyridine rings is 1. The van der Waals surface area contributed by atoms with E-state index in [0.717, 1.165) is 34.6 Å². The third-order valence-electron chi connectivity index (χ3n) is 4.11. The highest BCUT2D eigenvalue weighted by atomic mass is 16.1. The van der Waals surface area contributed by atoms with Gasteiger partial charge in [-0.05, 0) is 53.2 Å². The van der Waals surface area contributed by atoms with Crippen molar-refractivity contribution < 1.29 is 0 Å². The first kappa shape index (κ1) is 13.0. The first-order chi connectivity index (χ1) is 10.8. The summed E-state index contributed by atoms with van der Waals surface area (Å²) in [6.45, 7) is 0.632. The molecule has 0 radical (unpaired) electrons. The summed E-state index contributed by atoms with van der Waals surface area (Å²) < 4.78 is 1.59. The molecule has 0 amide bonds. The molecular weight excluding hydrogens is 276 g/mol. The Hall–Kier alpha value is -2.66. The van der Waals surface area contributed by atoms with Gasteiger partial charge in [-0.1, -0.05) is 24.3 Å². The van der Waals surface area contributed by atoms with Gasteiger partial charge in [-0.2, -0.15) is 5.10 Å². The number of aryl methyl sites for hydroxylation is 1. The average Bonchev–Trinajstić information content (AvgIpc) is 2.92. The van der Waals surface area contributed by atoms with Gasteiger partial charge >= 0.3 is 5.69 Å². The number of hydrogen-bond donors (Lipinski definition) is 2. The van der Waals surface area contributed by atoms with E-state index in [4.69, 9.17) is 5.73 Å². The van der Waals surface area contributed by atoms with Gasteiger partial charge < -0.3 is 5.73 Å². The Morgan fingerprint density at radius 3 is 2.59 bits per heavy atom. The van der Waals surface area contributed by atoms with Crippen molar-refractivity contribution in [2.45, 2.75) is 12.8 Å². The van der Waals surface area contributed by atoms with Gasteiger partial charge in [0.05, 0.1) is 0 Å². The van der Waals surface area contributed by atoms with Crippen molar-refractivity contribution in [1.29, 1.82) is 0 Å². The van der Waals surface area contributed by atoms with Crippen molar-refractivity contribution in [2.75, 3.05) is 6.54 Å².